The summed E-state index contributed by atoms with van der Waals surface area (Å²) in [5, 5.41) is 3.05. The molecule has 2 fully saturated rings. The van der Waals surface area contributed by atoms with Crippen molar-refractivity contribution >= 4 is 23.2 Å². The quantitative estimate of drug-likeness (QED) is 0.701. The van der Waals surface area contributed by atoms with Crippen LogP contribution in [0.25, 0.3) is 0 Å². The number of ether oxygens (including phenoxy) is 1. The predicted molar refractivity (Wildman–Crippen MR) is 116 cm³/mol. The minimum absolute atomic E-state index is 0.0166. The average Bonchev–Trinajstić information content (AvgIpc) is 3.15. The Hall–Kier alpha value is -1.44. The summed E-state index contributed by atoms with van der Waals surface area (Å²) < 4.78 is 5.26. The zero-order chi connectivity index (χ0) is 21.0. The number of carbonyl (C=O) groups excluding carboxylic acids is 2. The summed E-state index contributed by atoms with van der Waals surface area (Å²) in [5.41, 5.74) is -0.733. The lowest BCUT2D eigenvalue weighted by molar-refractivity contribution is -0.162. The monoisotopic (exact) mass is 421 g/mol. The van der Waals surface area contributed by atoms with Gasteiger partial charge in [0.2, 0.25) is 11.8 Å². The summed E-state index contributed by atoms with van der Waals surface area (Å²) in [5.74, 6) is 0.417. The Morgan fingerprint density at radius 3 is 2.52 bits per heavy atom. The minimum Gasteiger partial charge on any atom is -0.383 e. The number of nitrogens with zero attached hydrogens (tertiary/aromatic N) is 2. The van der Waals surface area contributed by atoms with Crippen LogP contribution in [-0.2, 0) is 27.3 Å². The van der Waals surface area contributed by atoms with Crippen molar-refractivity contribution in [3.05, 3.63) is 21.9 Å². The van der Waals surface area contributed by atoms with E-state index in [4.69, 9.17) is 4.74 Å². The molecule has 1 N–H and O–H groups in total. The van der Waals surface area contributed by atoms with Crippen LogP contribution < -0.4 is 5.32 Å². The molecule has 0 saturated carbocycles. The highest BCUT2D eigenvalue weighted by molar-refractivity contribution is 7.11. The highest BCUT2D eigenvalue weighted by Crippen LogP contribution is 2.34. The molecular weight excluding hydrogens is 386 g/mol. The van der Waals surface area contributed by atoms with Crippen LogP contribution >= 0.6 is 11.3 Å². The molecule has 7 heteroatoms. The summed E-state index contributed by atoms with van der Waals surface area (Å²) in [6.07, 6.45) is 3.10. The largest absolute Gasteiger partial charge is 0.383 e. The fourth-order valence-electron chi connectivity index (χ4n) is 4.51. The highest BCUT2D eigenvalue weighted by Gasteiger charge is 2.53. The Kier molecular flexibility index (Phi) is 7.35. The molecule has 162 valence electrons. The molecule has 3 rings (SSSR count). The highest BCUT2D eigenvalue weighted by atomic mass is 32.1. The van der Waals surface area contributed by atoms with Gasteiger partial charge in [0.25, 0.3) is 0 Å². The Labute approximate surface area is 178 Å². The van der Waals surface area contributed by atoms with Gasteiger partial charge in [-0.05, 0) is 43.7 Å². The fraction of sp³-hybridized carbons (Fsp3) is 0.727. The zero-order valence-corrected chi connectivity index (χ0v) is 19.0. The third-order valence-corrected chi connectivity index (χ3v) is 7.38. The molecule has 0 bridgehead atoms. The van der Waals surface area contributed by atoms with Gasteiger partial charge in [0.1, 0.15) is 11.6 Å². The molecule has 1 spiro atoms. The van der Waals surface area contributed by atoms with Crippen molar-refractivity contribution in [2.45, 2.75) is 64.6 Å². The maximum absolute atomic E-state index is 13.2. The van der Waals surface area contributed by atoms with E-state index in [1.54, 1.807) is 7.11 Å². The van der Waals surface area contributed by atoms with Crippen molar-refractivity contribution in [1.82, 2.24) is 15.1 Å². The number of likely N-dealkylation sites (tertiary alicyclic amines) is 1. The average molecular weight is 422 g/mol. The molecule has 1 aromatic heterocycles. The topological polar surface area (TPSA) is 61.9 Å². The van der Waals surface area contributed by atoms with E-state index in [2.05, 4.69) is 43.1 Å². The third-order valence-electron chi connectivity index (χ3n) is 6.16. The van der Waals surface area contributed by atoms with E-state index < -0.39 is 11.6 Å². The number of hydrogen-bond donors (Lipinski definition) is 1. The van der Waals surface area contributed by atoms with E-state index in [-0.39, 0.29) is 11.8 Å². The molecule has 2 aliphatic heterocycles. The summed E-state index contributed by atoms with van der Waals surface area (Å²) >= 11 is 1.87. The van der Waals surface area contributed by atoms with Crippen molar-refractivity contribution in [3.63, 3.8) is 0 Å². The zero-order valence-electron chi connectivity index (χ0n) is 18.2. The molecule has 6 nitrogen and oxygen atoms in total. The predicted octanol–water partition coefficient (Wildman–Crippen LogP) is 2.66. The first-order valence-electron chi connectivity index (χ1n) is 10.8. The number of amides is 2. The van der Waals surface area contributed by atoms with Crippen LogP contribution in [-0.4, -0.2) is 66.5 Å². The molecule has 0 aromatic carbocycles. The van der Waals surface area contributed by atoms with Crippen molar-refractivity contribution < 1.29 is 14.3 Å². The van der Waals surface area contributed by atoms with E-state index in [9.17, 15) is 9.59 Å². The van der Waals surface area contributed by atoms with Gasteiger partial charge in [-0.15, -0.1) is 11.3 Å². The molecular formula is C22H35N3O3S. The maximum Gasteiger partial charge on any atom is 0.246 e. The number of methoxy groups -OCH3 is 1. The van der Waals surface area contributed by atoms with E-state index in [0.29, 0.717) is 38.3 Å². The third kappa shape index (κ3) is 4.84. The summed E-state index contributed by atoms with van der Waals surface area (Å²) in [6, 6.07) is 4.01. The van der Waals surface area contributed by atoms with Crippen LogP contribution in [0.2, 0.25) is 0 Å². The van der Waals surface area contributed by atoms with Crippen molar-refractivity contribution in [3.8, 4) is 0 Å². The van der Waals surface area contributed by atoms with E-state index in [0.717, 1.165) is 26.1 Å². The number of carbonyl (C=O) groups is 2. The Balaban J connectivity index is 1.71. The second-order valence-corrected chi connectivity index (χ2v) is 9.92. The summed E-state index contributed by atoms with van der Waals surface area (Å²) in [4.78, 5) is 33.5. The number of rotatable bonds is 8. The second-order valence-electron chi connectivity index (χ2n) is 8.67. The number of piperazine rings is 1. The van der Waals surface area contributed by atoms with Gasteiger partial charge in [-0.3, -0.25) is 14.5 Å². The number of aryl methyl sites for hydroxylation is 1. The summed E-state index contributed by atoms with van der Waals surface area (Å²) in [7, 11) is 1.64. The van der Waals surface area contributed by atoms with Gasteiger partial charge in [-0.1, -0.05) is 20.8 Å². The van der Waals surface area contributed by atoms with Crippen LogP contribution in [0.15, 0.2) is 12.1 Å². The van der Waals surface area contributed by atoms with Gasteiger partial charge in [-0.2, -0.15) is 0 Å². The lowest BCUT2D eigenvalue weighted by Gasteiger charge is -2.51. The first-order valence-corrected chi connectivity index (χ1v) is 11.6. The van der Waals surface area contributed by atoms with Crippen molar-refractivity contribution in [2.75, 3.05) is 33.4 Å². The van der Waals surface area contributed by atoms with Crippen molar-refractivity contribution in [2.24, 2.45) is 5.92 Å². The van der Waals surface area contributed by atoms with Gasteiger partial charge < -0.3 is 15.0 Å². The first-order chi connectivity index (χ1) is 13.9. The molecule has 1 atom stereocenters. The number of thiophene rings is 1. The Morgan fingerprint density at radius 2 is 1.93 bits per heavy atom. The van der Waals surface area contributed by atoms with Gasteiger partial charge in [-0.25, -0.2) is 0 Å². The molecule has 29 heavy (non-hydrogen) atoms. The van der Waals surface area contributed by atoms with Crippen LogP contribution in [0.5, 0.6) is 0 Å². The molecule has 2 saturated heterocycles. The van der Waals surface area contributed by atoms with E-state index in [1.165, 1.54) is 9.75 Å². The first kappa shape index (κ1) is 22.2. The molecule has 1 unspecified atom stereocenters. The minimum atomic E-state index is -0.733. The Bertz CT molecular complexity index is 710. The SMILES string of the molecule is CCc1ccc(CN2CCC3(CC2)C(=O)NC(CC(C)C)C(=O)N3CCOC)s1. The standard InChI is InChI=1S/C22H35N3O3S/c1-5-17-6-7-18(29-17)15-24-10-8-22(9-11-24)21(27)23-19(14-16(2)3)20(26)25(22)12-13-28-4/h6-7,16,19H,5,8-15H2,1-4H3,(H,23,27). The molecule has 1 aromatic rings. The van der Waals surface area contributed by atoms with E-state index >= 15 is 0 Å². The number of hydrogen-bond acceptors (Lipinski definition) is 5. The lowest BCUT2D eigenvalue weighted by atomic mass is 9.81. The molecule has 2 aliphatic rings. The smallest absolute Gasteiger partial charge is 0.246 e. The molecule has 0 aliphatic carbocycles. The van der Waals surface area contributed by atoms with Crippen LogP contribution in [0, 0.1) is 5.92 Å². The van der Waals surface area contributed by atoms with Crippen LogP contribution in [0.3, 0.4) is 0 Å². The Morgan fingerprint density at radius 1 is 1.24 bits per heavy atom. The van der Waals surface area contributed by atoms with E-state index in [1.807, 2.05) is 16.2 Å². The molecule has 0 radical (unpaired) electrons. The number of nitrogens with one attached hydrogen (secondary N) is 1. The van der Waals surface area contributed by atoms with Gasteiger partial charge in [0.15, 0.2) is 0 Å². The van der Waals surface area contributed by atoms with Gasteiger partial charge in [0, 0.05) is 43.0 Å². The normalized spacial score (nSPS) is 22.5. The van der Waals surface area contributed by atoms with Gasteiger partial charge in [0.05, 0.1) is 6.61 Å². The second kappa shape index (κ2) is 9.58. The molecule has 2 amide bonds. The van der Waals surface area contributed by atoms with Crippen LogP contribution in [0.4, 0.5) is 0 Å². The summed E-state index contributed by atoms with van der Waals surface area (Å²) in [6.45, 7) is 9.82. The number of piperidine rings is 1. The maximum atomic E-state index is 13.2. The molecule has 3 heterocycles. The lowest BCUT2D eigenvalue weighted by Crippen LogP contribution is -2.73. The van der Waals surface area contributed by atoms with Gasteiger partial charge >= 0.3 is 0 Å². The van der Waals surface area contributed by atoms with Crippen molar-refractivity contribution in [1.29, 1.82) is 0 Å². The fourth-order valence-corrected chi connectivity index (χ4v) is 5.51. The van der Waals surface area contributed by atoms with Crippen LogP contribution in [0.1, 0.15) is 49.8 Å².